The molecule has 33 heavy (non-hydrogen) atoms. The Hall–Kier alpha value is -2.84. The highest BCUT2D eigenvalue weighted by Gasteiger charge is 2.51. The van der Waals surface area contributed by atoms with E-state index in [-0.39, 0.29) is 24.3 Å². The maximum atomic E-state index is 13.3. The van der Waals surface area contributed by atoms with Gasteiger partial charge in [0, 0.05) is 17.7 Å². The molecule has 0 unspecified atom stereocenters. The van der Waals surface area contributed by atoms with E-state index in [1.807, 2.05) is 30.3 Å². The number of sulfone groups is 1. The zero-order valence-electron chi connectivity index (χ0n) is 18.3. The lowest BCUT2D eigenvalue weighted by Crippen LogP contribution is -2.44. The molecule has 0 aliphatic carbocycles. The summed E-state index contributed by atoms with van der Waals surface area (Å²) in [5.41, 5.74) is 1.80. The number of hydrogen-bond acceptors (Lipinski definition) is 7. The molecule has 0 bridgehead atoms. The summed E-state index contributed by atoms with van der Waals surface area (Å²) in [5, 5.41) is 9.54. The Bertz CT molecular complexity index is 1210. The maximum Gasteiger partial charge on any atom is 0.308 e. The van der Waals surface area contributed by atoms with Crippen molar-refractivity contribution in [2.75, 3.05) is 12.9 Å². The molecule has 1 fully saturated rings. The van der Waals surface area contributed by atoms with Crippen LogP contribution in [0.25, 0.3) is 10.4 Å². The Kier molecular flexibility index (Phi) is 6.76. The van der Waals surface area contributed by atoms with Crippen molar-refractivity contribution < 1.29 is 27.8 Å². The normalized spacial score (nSPS) is 19.7. The van der Waals surface area contributed by atoms with Gasteiger partial charge in [0.15, 0.2) is 9.84 Å². The summed E-state index contributed by atoms with van der Waals surface area (Å²) >= 11 is 1.31. The highest BCUT2D eigenvalue weighted by atomic mass is 32.2. The standard InChI is InChI=1S/C25H26O6S2/c1-30-21-11-4-18(5-12-21)6-15-24(27)31-25(16-2-3-17-33(25,28)29)23-14-13-22(32-23)19-7-9-20(26)10-8-19/h4-5,7-14,26H,2-3,6,15-17H2,1H3/t25-/m0/s1. The van der Waals surface area contributed by atoms with Crippen LogP contribution in [-0.2, 0) is 30.7 Å². The number of hydrogen-bond donors (Lipinski definition) is 1. The molecule has 0 saturated carbocycles. The molecule has 174 valence electrons. The predicted molar refractivity (Wildman–Crippen MR) is 128 cm³/mol. The van der Waals surface area contributed by atoms with E-state index >= 15 is 0 Å². The fourth-order valence-electron chi connectivity index (χ4n) is 4.01. The highest BCUT2D eigenvalue weighted by Crippen LogP contribution is 2.46. The molecule has 2 heterocycles. The van der Waals surface area contributed by atoms with Gasteiger partial charge in [-0.2, -0.15) is 0 Å². The molecule has 0 radical (unpaired) electrons. The van der Waals surface area contributed by atoms with E-state index in [1.54, 1.807) is 37.4 Å². The zero-order chi connectivity index (χ0) is 23.5. The van der Waals surface area contributed by atoms with Gasteiger partial charge in [-0.25, -0.2) is 8.42 Å². The van der Waals surface area contributed by atoms with Crippen LogP contribution < -0.4 is 4.74 Å². The van der Waals surface area contributed by atoms with Crippen LogP contribution in [0.3, 0.4) is 0 Å². The molecule has 1 saturated heterocycles. The number of phenolic OH excluding ortho intramolecular Hbond substituents is 1. The minimum Gasteiger partial charge on any atom is -0.508 e. The second-order valence-corrected chi connectivity index (χ2v) is 11.4. The summed E-state index contributed by atoms with van der Waals surface area (Å²) in [4.78, 5) is 12.6. The molecule has 1 atom stereocenters. The molecule has 8 heteroatoms. The molecule has 0 amide bonds. The molecule has 1 N–H and O–H groups in total. The summed E-state index contributed by atoms with van der Waals surface area (Å²) in [6.07, 6.45) is 2.00. The average molecular weight is 487 g/mol. The van der Waals surface area contributed by atoms with Crippen molar-refractivity contribution in [2.45, 2.75) is 37.0 Å². The minimum atomic E-state index is -3.69. The molecule has 0 spiro atoms. The third-order valence-corrected chi connectivity index (χ3v) is 9.61. The van der Waals surface area contributed by atoms with Crippen molar-refractivity contribution in [1.82, 2.24) is 0 Å². The number of benzene rings is 2. The lowest BCUT2D eigenvalue weighted by Gasteiger charge is -2.35. The van der Waals surface area contributed by atoms with Crippen LogP contribution in [0.1, 0.15) is 36.1 Å². The highest BCUT2D eigenvalue weighted by molar-refractivity contribution is 7.92. The number of thiophene rings is 1. The van der Waals surface area contributed by atoms with Crippen molar-refractivity contribution in [3.05, 3.63) is 71.1 Å². The zero-order valence-corrected chi connectivity index (χ0v) is 20.0. The summed E-state index contributed by atoms with van der Waals surface area (Å²) in [7, 11) is -2.10. The van der Waals surface area contributed by atoms with Gasteiger partial charge in [0.05, 0.1) is 17.7 Å². The van der Waals surface area contributed by atoms with Gasteiger partial charge in [0.1, 0.15) is 11.5 Å². The van der Waals surface area contributed by atoms with Gasteiger partial charge in [-0.1, -0.05) is 12.1 Å². The second-order valence-electron chi connectivity index (χ2n) is 8.06. The van der Waals surface area contributed by atoms with Crippen molar-refractivity contribution in [3.63, 3.8) is 0 Å². The van der Waals surface area contributed by atoms with E-state index in [4.69, 9.17) is 9.47 Å². The van der Waals surface area contributed by atoms with Gasteiger partial charge >= 0.3 is 5.97 Å². The number of methoxy groups -OCH3 is 1. The van der Waals surface area contributed by atoms with Gasteiger partial charge in [-0.15, -0.1) is 11.3 Å². The Morgan fingerprint density at radius 3 is 2.42 bits per heavy atom. The van der Waals surface area contributed by atoms with Crippen LogP contribution in [0.15, 0.2) is 60.7 Å². The van der Waals surface area contributed by atoms with E-state index in [0.29, 0.717) is 24.1 Å². The van der Waals surface area contributed by atoms with Crippen LogP contribution in [0.2, 0.25) is 0 Å². The topological polar surface area (TPSA) is 89.9 Å². The van der Waals surface area contributed by atoms with Crippen molar-refractivity contribution >= 4 is 27.1 Å². The minimum absolute atomic E-state index is 0.00873. The number of carbonyl (C=O) groups is 1. The largest absolute Gasteiger partial charge is 0.508 e. The first-order valence-electron chi connectivity index (χ1n) is 10.8. The van der Waals surface area contributed by atoms with E-state index in [2.05, 4.69) is 0 Å². The molecule has 4 rings (SSSR count). The number of aryl methyl sites for hydroxylation is 1. The number of ether oxygens (including phenoxy) is 2. The molecular weight excluding hydrogens is 460 g/mol. The van der Waals surface area contributed by atoms with Gasteiger partial charge in [-0.3, -0.25) is 4.79 Å². The summed E-state index contributed by atoms with van der Waals surface area (Å²) in [5.74, 6) is 0.352. The van der Waals surface area contributed by atoms with Gasteiger partial charge in [0.2, 0.25) is 4.93 Å². The predicted octanol–water partition coefficient (Wildman–Crippen LogP) is 5.06. The summed E-state index contributed by atoms with van der Waals surface area (Å²) in [6.45, 7) is 0. The van der Waals surface area contributed by atoms with E-state index in [1.165, 1.54) is 11.3 Å². The number of rotatable bonds is 7. The average Bonchev–Trinajstić information content (AvgIpc) is 3.30. The summed E-state index contributed by atoms with van der Waals surface area (Å²) in [6, 6.07) is 17.7. The van der Waals surface area contributed by atoms with Gasteiger partial charge < -0.3 is 14.6 Å². The molecule has 1 aliphatic rings. The first-order chi connectivity index (χ1) is 15.8. The molecule has 6 nitrogen and oxygen atoms in total. The Morgan fingerprint density at radius 1 is 1.03 bits per heavy atom. The van der Waals surface area contributed by atoms with Crippen LogP contribution in [0.4, 0.5) is 0 Å². The molecule has 3 aromatic rings. The quantitative estimate of drug-likeness (QED) is 0.470. The monoisotopic (exact) mass is 486 g/mol. The fraction of sp³-hybridized carbons (Fsp3) is 0.320. The number of esters is 1. The van der Waals surface area contributed by atoms with Crippen molar-refractivity contribution in [3.8, 4) is 21.9 Å². The van der Waals surface area contributed by atoms with Crippen LogP contribution in [-0.4, -0.2) is 32.4 Å². The van der Waals surface area contributed by atoms with E-state index < -0.39 is 20.7 Å². The third-order valence-electron chi connectivity index (χ3n) is 5.86. The third kappa shape index (κ3) is 4.91. The van der Waals surface area contributed by atoms with Gasteiger partial charge in [0.25, 0.3) is 0 Å². The van der Waals surface area contributed by atoms with Crippen LogP contribution in [0, 0.1) is 0 Å². The second kappa shape index (κ2) is 9.57. The number of carbonyl (C=O) groups excluding carboxylic acids is 1. The van der Waals surface area contributed by atoms with Gasteiger partial charge in [-0.05, 0) is 78.9 Å². The fourth-order valence-corrected chi connectivity index (χ4v) is 7.54. The first-order valence-corrected chi connectivity index (χ1v) is 13.3. The number of phenols is 1. The number of aromatic hydroxyl groups is 1. The van der Waals surface area contributed by atoms with Crippen molar-refractivity contribution in [1.29, 1.82) is 0 Å². The molecule has 1 aromatic heterocycles. The smallest absolute Gasteiger partial charge is 0.308 e. The molecule has 1 aliphatic heterocycles. The maximum absolute atomic E-state index is 13.3. The Balaban J connectivity index is 1.57. The Labute approximate surface area is 197 Å². The molecule has 2 aromatic carbocycles. The SMILES string of the molecule is COc1ccc(CCC(=O)O[C@@]2(c3ccc(-c4ccc(O)cc4)s3)CCCCS2(=O)=O)cc1. The van der Waals surface area contributed by atoms with E-state index in [0.717, 1.165) is 21.8 Å². The lowest BCUT2D eigenvalue weighted by molar-refractivity contribution is -0.153. The van der Waals surface area contributed by atoms with Crippen molar-refractivity contribution in [2.24, 2.45) is 0 Å². The van der Waals surface area contributed by atoms with Crippen LogP contribution >= 0.6 is 11.3 Å². The Morgan fingerprint density at radius 2 is 1.76 bits per heavy atom. The van der Waals surface area contributed by atoms with Crippen LogP contribution in [0.5, 0.6) is 11.5 Å². The summed E-state index contributed by atoms with van der Waals surface area (Å²) < 4.78 is 37.5. The molecular formula is C25H26O6S2. The first kappa shape index (κ1) is 23.3. The van der Waals surface area contributed by atoms with E-state index in [9.17, 15) is 18.3 Å². The lowest BCUT2D eigenvalue weighted by atomic mass is 10.1.